The standard InChI is InChI=1S/C15H22N2O5S/c1-10(2)11(3)16(12-5-6-12)23(20,21)15-9-13(17(18)19)7-8-14(15)22-4/h7-12H,5-6H2,1-4H3. The van der Waals surface area contributed by atoms with Crippen molar-refractivity contribution in [3.63, 3.8) is 0 Å². The number of non-ortho nitro benzene ring substituents is 1. The fourth-order valence-electron chi connectivity index (χ4n) is 2.46. The minimum absolute atomic E-state index is 0.0404. The van der Waals surface area contributed by atoms with Crippen molar-refractivity contribution >= 4 is 15.7 Å². The van der Waals surface area contributed by atoms with Gasteiger partial charge in [0.25, 0.3) is 5.69 Å². The number of methoxy groups -OCH3 is 1. The molecule has 1 unspecified atom stereocenters. The number of benzene rings is 1. The van der Waals surface area contributed by atoms with Crippen molar-refractivity contribution in [3.8, 4) is 5.75 Å². The summed E-state index contributed by atoms with van der Waals surface area (Å²) in [6.07, 6.45) is 1.63. The first-order valence-corrected chi connectivity index (χ1v) is 9.00. The van der Waals surface area contributed by atoms with Gasteiger partial charge in [-0.15, -0.1) is 0 Å². The van der Waals surface area contributed by atoms with Crippen molar-refractivity contribution in [1.29, 1.82) is 0 Å². The van der Waals surface area contributed by atoms with E-state index in [1.54, 1.807) is 0 Å². The highest BCUT2D eigenvalue weighted by Gasteiger charge is 2.43. The summed E-state index contributed by atoms with van der Waals surface area (Å²) in [6.45, 7) is 5.78. The molecule has 128 valence electrons. The molecule has 0 heterocycles. The van der Waals surface area contributed by atoms with Crippen molar-refractivity contribution in [2.24, 2.45) is 5.92 Å². The van der Waals surface area contributed by atoms with Crippen LogP contribution in [0.15, 0.2) is 23.1 Å². The van der Waals surface area contributed by atoms with Crippen LogP contribution in [-0.2, 0) is 10.0 Å². The molecule has 1 atom stereocenters. The minimum atomic E-state index is -3.88. The lowest BCUT2D eigenvalue weighted by Crippen LogP contribution is -2.43. The van der Waals surface area contributed by atoms with E-state index < -0.39 is 14.9 Å². The van der Waals surface area contributed by atoms with Crippen molar-refractivity contribution < 1.29 is 18.1 Å². The summed E-state index contributed by atoms with van der Waals surface area (Å²) in [5.74, 6) is 0.257. The van der Waals surface area contributed by atoms with Crippen LogP contribution in [0.1, 0.15) is 33.6 Å². The van der Waals surface area contributed by atoms with Gasteiger partial charge >= 0.3 is 0 Å². The Morgan fingerprint density at radius 3 is 2.35 bits per heavy atom. The van der Waals surface area contributed by atoms with Gasteiger partial charge in [-0.3, -0.25) is 10.1 Å². The van der Waals surface area contributed by atoms with Gasteiger partial charge in [0.2, 0.25) is 10.0 Å². The number of sulfonamides is 1. The highest BCUT2D eigenvalue weighted by molar-refractivity contribution is 7.89. The number of ether oxygens (including phenoxy) is 1. The molecule has 1 fully saturated rings. The zero-order valence-corrected chi connectivity index (χ0v) is 14.5. The van der Waals surface area contributed by atoms with E-state index >= 15 is 0 Å². The quantitative estimate of drug-likeness (QED) is 0.561. The van der Waals surface area contributed by atoms with Gasteiger partial charge in [0.15, 0.2) is 0 Å². The number of nitro groups is 1. The molecule has 1 aromatic rings. The Morgan fingerprint density at radius 1 is 1.30 bits per heavy atom. The van der Waals surface area contributed by atoms with Crippen LogP contribution in [0.5, 0.6) is 5.75 Å². The van der Waals surface area contributed by atoms with E-state index in [1.807, 2.05) is 20.8 Å². The lowest BCUT2D eigenvalue weighted by Gasteiger charge is -2.31. The Labute approximate surface area is 136 Å². The van der Waals surface area contributed by atoms with E-state index in [2.05, 4.69) is 0 Å². The van der Waals surface area contributed by atoms with E-state index in [9.17, 15) is 18.5 Å². The maximum atomic E-state index is 13.1. The van der Waals surface area contributed by atoms with Crippen LogP contribution < -0.4 is 4.74 Å². The van der Waals surface area contributed by atoms with Crippen molar-refractivity contribution in [3.05, 3.63) is 28.3 Å². The Bertz CT molecular complexity index is 698. The predicted molar refractivity (Wildman–Crippen MR) is 86.0 cm³/mol. The number of hydrogen-bond acceptors (Lipinski definition) is 5. The molecule has 1 aliphatic carbocycles. The van der Waals surface area contributed by atoms with Gasteiger partial charge in [-0.05, 0) is 31.7 Å². The number of nitrogens with zero attached hydrogens (tertiary/aromatic N) is 2. The molecule has 1 aliphatic rings. The predicted octanol–water partition coefficient (Wildman–Crippen LogP) is 2.80. The van der Waals surface area contributed by atoms with Gasteiger partial charge in [-0.25, -0.2) is 8.42 Å². The summed E-state index contributed by atoms with van der Waals surface area (Å²) in [4.78, 5) is 10.2. The summed E-state index contributed by atoms with van der Waals surface area (Å²) >= 11 is 0. The zero-order chi connectivity index (χ0) is 17.4. The fraction of sp³-hybridized carbons (Fsp3) is 0.600. The number of nitro benzene ring substituents is 1. The van der Waals surface area contributed by atoms with E-state index in [4.69, 9.17) is 4.74 Å². The molecule has 1 saturated carbocycles. The smallest absolute Gasteiger partial charge is 0.271 e. The van der Waals surface area contributed by atoms with Crippen molar-refractivity contribution in [1.82, 2.24) is 4.31 Å². The highest BCUT2D eigenvalue weighted by atomic mass is 32.2. The first kappa shape index (κ1) is 17.7. The van der Waals surface area contributed by atoms with E-state index in [-0.39, 0.29) is 34.3 Å². The van der Waals surface area contributed by atoms with Crippen LogP contribution in [0.4, 0.5) is 5.69 Å². The fourth-order valence-corrected chi connectivity index (χ4v) is 4.65. The molecular formula is C15H22N2O5S. The van der Waals surface area contributed by atoms with Gasteiger partial charge in [-0.1, -0.05) is 13.8 Å². The minimum Gasteiger partial charge on any atom is -0.495 e. The maximum absolute atomic E-state index is 13.1. The Kier molecular flexibility index (Phi) is 4.95. The third kappa shape index (κ3) is 3.48. The molecule has 0 amide bonds. The molecule has 2 rings (SSSR count). The van der Waals surface area contributed by atoms with Crippen molar-refractivity contribution in [2.45, 2.75) is 50.6 Å². The largest absolute Gasteiger partial charge is 0.495 e. The Hall–Kier alpha value is -1.67. The second-order valence-corrected chi connectivity index (χ2v) is 7.95. The summed E-state index contributed by atoms with van der Waals surface area (Å²) in [7, 11) is -2.52. The van der Waals surface area contributed by atoms with Crippen LogP contribution in [-0.4, -0.2) is 36.8 Å². The molecule has 0 aliphatic heterocycles. The van der Waals surface area contributed by atoms with E-state index in [1.165, 1.54) is 23.5 Å². The summed E-state index contributed by atoms with van der Waals surface area (Å²) in [5.41, 5.74) is -0.266. The average Bonchev–Trinajstić information content (AvgIpc) is 3.30. The van der Waals surface area contributed by atoms with E-state index in [0.29, 0.717) is 0 Å². The van der Waals surface area contributed by atoms with Crippen LogP contribution in [0, 0.1) is 16.0 Å². The Balaban J connectivity index is 2.56. The van der Waals surface area contributed by atoms with Crippen LogP contribution in [0.2, 0.25) is 0 Å². The molecular weight excluding hydrogens is 320 g/mol. The molecule has 8 heteroatoms. The molecule has 23 heavy (non-hydrogen) atoms. The number of hydrogen-bond donors (Lipinski definition) is 0. The van der Waals surface area contributed by atoms with Crippen molar-refractivity contribution in [2.75, 3.05) is 7.11 Å². The summed E-state index contributed by atoms with van der Waals surface area (Å²) in [5, 5.41) is 11.0. The monoisotopic (exact) mass is 342 g/mol. The molecule has 0 spiro atoms. The van der Waals surface area contributed by atoms with Gasteiger partial charge < -0.3 is 4.74 Å². The first-order valence-electron chi connectivity index (χ1n) is 7.56. The normalized spacial score (nSPS) is 16.6. The number of rotatable bonds is 7. The van der Waals surface area contributed by atoms with Gasteiger partial charge in [0.05, 0.1) is 12.0 Å². The molecule has 1 aromatic carbocycles. The lowest BCUT2D eigenvalue weighted by molar-refractivity contribution is -0.385. The van der Waals surface area contributed by atoms with Crippen LogP contribution >= 0.6 is 0 Å². The molecule has 0 bridgehead atoms. The molecule has 0 aromatic heterocycles. The molecule has 7 nitrogen and oxygen atoms in total. The van der Waals surface area contributed by atoms with Crippen LogP contribution in [0.25, 0.3) is 0 Å². The van der Waals surface area contributed by atoms with Crippen LogP contribution in [0.3, 0.4) is 0 Å². The second kappa shape index (κ2) is 6.45. The third-order valence-electron chi connectivity index (χ3n) is 4.19. The average molecular weight is 342 g/mol. The zero-order valence-electron chi connectivity index (χ0n) is 13.7. The van der Waals surface area contributed by atoms with E-state index in [0.717, 1.165) is 18.9 Å². The Morgan fingerprint density at radius 2 is 1.91 bits per heavy atom. The maximum Gasteiger partial charge on any atom is 0.271 e. The SMILES string of the molecule is COc1ccc([N+](=O)[O-])cc1S(=O)(=O)N(C1CC1)C(C)C(C)C. The molecule has 0 N–H and O–H groups in total. The summed E-state index contributed by atoms with van der Waals surface area (Å²) in [6, 6.07) is 3.41. The van der Waals surface area contributed by atoms with Gasteiger partial charge in [0, 0.05) is 24.2 Å². The first-order chi connectivity index (χ1) is 10.7. The molecule has 0 saturated heterocycles. The lowest BCUT2D eigenvalue weighted by atomic mass is 10.1. The second-order valence-electron chi connectivity index (χ2n) is 6.14. The third-order valence-corrected chi connectivity index (χ3v) is 6.25. The topological polar surface area (TPSA) is 89.7 Å². The molecule has 0 radical (unpaired) electrons. The highest BCUT2D eigenvalue weighted by Crippen LogP contribution is 2.39. The van der Waals surface area contributed by atoms with Gasteiger partial charge in [-0.2, -0.15) is 4.31 Å². The van der Waals surface area contributed by atoms with Gasteiger partial charge in [0.1, 0.15) is 10.6 Å². The summed E-state index contributed by atoms with van der Waals surface area (Å²) < 4.78 is 32.9.